The van der Waals surface area contributed by atoms with E-state index in [0.29, 0.717) is 6.42 Å². The zero-order valence-electron chi connectivity index (χ0n) is 9.01. The first-order valence-electron chi connectivity index (χ1n) is 5.28. The summed E-state index contributed by atoms with van der Waals surface area (Å²) in [5.41, 5.74) is -0.564. The smallest absolute Gasteiger partial charge is 0.366 e. The molecule has 0 saturated carbocycles. The van der Waals surface area contributed by atoms with Gasteiger partial charge in [-0.05, 0) is 18.6 Å². The van der Waals surface area contributed by atoms with Gasteiger partial charge in [0.25, 0.3) is 5.91 Å². The van der Waals surface area contributed by atoms with E-state index in [9.17, 15) is 18.7 Å². The molecule has 1 atom stereocenters. The number of carbonyl (C=O) groups excluding carboxylic acids is 1. The maximum atomic E-state index is 13.8. The minimum Gasteiger partial charge on any atom is -0.391 e. The highest BCUT2D eigenvalue weighted by Crippen LogP contribution is 2.29. The summed E-state index contributed by atoms with van der Waals surface area (Å²) in [5, 5.41) is 9.23. The van der Waals surface area contributed by atoms with Crippen molar-refractivity contribution in [3.05, 3.63) is 30.1 Å². The molecular formula is C11H12F2N2O2. The molecule has 2 rings (SSSR count). The lowest BCUT2D eigenvalue weighted by atomic mass is 10.2. The molecule has 1 aliphatic heterocycles. The largest absolute Gasteiger partial charge is 0.391 e. The molecule has 0 unspecified atom stereocenters. The Morgan fingerprint density at radius 1 is 1.53 bits per heavy atom. The fourth-order valence-electron chi connectivity index (χ4n) is 1.78. The minimum atomic E-state index is -3.63. The molecule has 17 heavy (non-hydrogen) atoms. The van der Waals surface area contributed by atoms with Crippen LogP contribution in [0.25, 0.3) is 0 Å². The Bertz CT molecular complexity index is 411. The monoisotopic (exact) mass is 242 g/mol. The zero-order chi connectivity index (χ0) is 12.5. The van der Waals surface area contributed by atoms with Gasteiger partial charge in [-0.25, -0.2) is 0 Å². The first-order valence-corrected chi connectivity index (χ1v) is 5.28. The lowest BCUT2D eigenvalue weighted by Gasteiger charge is -2.22. The molecule has 1 saturated heterocycles. The summed E-state index contributed by atoms with van der Waals surface area (Å²) in [6, 6.07) is 4.02. The van der Waals surface area contributed by atoms with Crippen LogP contribution in [0.2, 0.25) is 0 Å². The van der Waals surface area contributed by atoms with Gasteiger partial charge in [-0.2, -0.15) is 8.78 Å². The standard InChI is InChI=1S/C11H12F2N2O2/c12-11(13,9-3-1-2-5-14-9)10(17)15-6-4-8(16)7-15/h1-3,5,8,16H,4,6-7H2/t8-/m0/s1. The second-order valence-corrected chi connectivity index (χ2v) is 3.98. The number of β-amino-alcohol motifs (C(OH)–C–C–N with tert-alkyl or cyclic N) is 1. The van der Waals surface area contributed by atoms with E-state index in [4.69, 9.17) is 0 Å². The summed E-state index contributed by atoms with van der Waals surface area (Å²) in [6.07, 6.45) is 0.845. The Morgan fingerprint density at radius 2 is 2.29 bits per heavy atom. The predicted octanol–water partition coefficient (Wildman–Crippen LogP) is 0.767. The van der Waals surface area contributed by atoms with E-state index in [1.165, 1.54) is 18.3 Å². The van der Waals surface area contributed by atoms with Gasteiger partial charge in [0, 0.05) is 19.3 Å². The van der Waals surface area contributed by atoms with Gasteiger partial charge in [0.1, 0.15) is 5.69 Å². The molecule has 2 heterocycles. The predicted molar refractivity (Wildman–Crippen MR) is 55.3 cm³/mol. The van der Waals surface area contributed by atoms with Crippen molar-refractivity contribution in [2.45, 2.75) is 18.4 Å². The second kappa shape index (κ2) is 4.37. The van der Waals surface area contributed by atoms with Crippen molar-refractivity contribution in [3.63, 3.8) is 0 Å². The molecule has 0 spiro atoms. The number of alkyl halides is 2. The highest BCUT2D eigenvalue weighted by atomic mass is 19.3. The van der Waals surface area contributed by atoms with Crippen LogP contribution >= 0.6 is 0 Å². The van der Waals surface area contributed by atoms with Crippen LogP contribution in [0.4, 0.5) is 8.78 Å². The fourth-order valence-corrected chi connectivity index (χ4v) is 1.78. The maximum Gasteiger partial charge on any atom is 0.366 e. The van der Waals surface area contributed by atoms with Crippen LogP contribution in [0.1, 0.15) is 12.1 Å². The van der Waals surface area contributed by atoms with E-state index in [-0.39, 0.29) is 13.1 Å². The Kier molecular flexibility index (Phi) is 3.06. The number of likely N-dealkylation sites (tertiary alicyclic amines) is 1. The minimum absolute atomic E-state index is 0.0404. The maximum absolute atomic E-state index is 13.8. The van der Waals surface area contributed by atoms with Crippen LogP contribution in [-0.2, 0) is 10.7 Å². The van der Waals surface area contributed by atoms with E-state index < -0.39 is 23.6 Å². The van der Waals surface area contributed by atoms with Gasteiger partial charge < -0.3 is 10.0 Å². The SMILES string of the molecule is O=C(N1CC[C@H](O)C1)C(F)(F)c1ccccn1. The number of rotatable bonds is 2. The molecule has 0 bridgehead atoms. The van der Waals surface area contributed by atoms with Crippen molar-refractivity contribution in [1.82, 2.24) is 9.88 Å². The molecular weight excluding hydrogens is 230 g/mol. The molecule has 1 aromatic heterocycles. The summed E-state index contributed by atoms with van der Waals surface area (Å²) in [5.74, 6) is -4.93. The molecule has 1 aliphatic rings. The first kappa shape index (κ1) is 11.9. The Balaban J connectivity index is 2.18. The molecule has 0 radical (unpaired) electrons. The van der Waals surface area contributed by atoms with Gasteiger partial charge in [-0.3, -0.25) is 9.78 Å². The summed E-state index contributed by atoms with van der Waals surface area (Å²) in [7, 11) is 0. The van der Waals surface area contributed by atoms with E-state index in [2.05, 4.69) is 4.98 Å². The Morgan fingerprint density at radius 3 is 2.82 bits per heavy atom. The summed E-state index contributed by atoms with van der Waals surface area (Å²) in [4.78, 5) is 16.1. The average molecular weight is 242 g/mol. The van der Waals surface area contributed by atoms with E-state index in [1.807, 2.05) is 0 Å². The summed E-state index contributed by atoms with van der Waals surface area (Å²) < 4.78 is 27.6. The van der Waals surface area contributed by atoms with E-state index >= 15 is 0 Å². The van der Waals surface area contributed by atoms with E-state index in [1.54, 1.807) is 0 Å². The van der Waals surface area contributed by atoms with Crippen molar-refractivity contribution in [1.29, 1.82) is 0 Å². The third kappa shape index (κ3) is 2.26. The van der Waals surface area contributed by atoms with Gasteiger partial charge in [0.05, 0.1) is 6.10 Å². The number of hydrogen-bond donors (Lipinski definition) is 1. The molecule has 1 N–H and O–H groups in total. The van der Waals surface area contributed by atoms with E-state index in [0.717, 1.165) is 11.0 Å². The number of aliphatic hydroxyl groups is 1. The summed E-state index contributed by atoms with van der Waals surface area (Å²) >= 11 is 0. The van der Waals surface area contributed by atoms with Crippen molar-refractivity contribution in [2.24, 2.45) is 0 Å². The van der Waals surface area contributed by atoms with Gasteiger partial charge in [-0.1, -0.05) is 6.07 Å². The van der Waals surface area contributed by atoms with Gasteiger partial charge in [-0.15, -0.1) is 0 Å². The van der Waals surface area contributed by atoms with Crippen molar-refractivity contribution in [2.75, 3.05) is 13.1 Å². The number of carbonyl (C=O) groups is 1. The molecule has 1 amide bonds. The lowest BCUT2D eigenvalue weighted by molar-refractivity contribution is -0.158. The average Bonchev–Trinajstić information content (AvgIpc) is 2.76. The Labute approximate surface area is 96.9 Å². The molecule has 0 aliphatic carbocycles. The highest BCUT2D eigenvalue weighted by Gasteiger charge is 2.46. The number of aliphatic hydroxyl groups excluding tert-OH is 1. The lowest BCUT2D eigenvalue weighted by Crippen LogP contribution is -2.41. The molecule has 1 fully saturated rings. The van der Waals surface area contributed by atoms with Crippen LogP contribution in [0, 0.1) is 0 Å². The molecule has 92 valence electrons. The zero-order valence-corrected chi connectivity index (χ0v) is 9.01. The normalized spacial score (nSPS) is 20.6. The number of aromatic nitrogens is 1. The number of pyridine rings is 1. The number of amides is 1. The highest BCUT2D eigenvalue weighted by molar-refractivity contribution is 5.84. The van der Waals surface area contributed by atoms with Gasteiger partial charge in [0.15, 0.2) is 0 Å². The van der Waals surface area contributed by atoms with Crippen molar-refractivity contribution in [3.8, 4) is 0 Å². The van der Waals surface area contributed by atoms with Crippen LogP contribution in [-0.4, -0.2) is 40.1 Å². The summed E-state index contributed by atoms with van der Waals surface area (Å²) in [6.45, 7) is 0.115. The molecule has 0 aromatic carbocycles. The fraction of sp³-hybridized carbons (Fsp3) is 0.455. The Hall–Kier alpha value is -1.56. The molecule has 1 aromatic rings. The van der Waals surface area contributed by atoms with Crippen molar-refractivity contribution >= 4 is 5.91 Å². The van der Waals surface area contributed by atoms with Crippen LogP contribution < -0.4 is 0 Å². The number of halogens is 2. The van der Waals surface area contributed by atoms with Gasteiger partial charge in [0.2, 0.25) is 0 Å². The van der Waals surface area contributed by atoms with Crippen molar-refractivity contribution < 1.29 is 18.7 Å². The quantitative estimate of drug-likeness (QED) is 0.833. The third-order valence-corrected chi connectivity index (χ3v) is 2.71. The first-order chi connectivity index (χ1) is 8.01. The molecule has 6 heteroatoms. The third-order valence-electron chi connectivity index (χ3n) is 2.71. The van der Waals surface area contributed by atoms with Gasteiger partial charge >= 0.3 is 5.92 Å². The van der Waals surface area contributed by atoms with Crippen LogP contribution in [0.3, 0.4) is 0 Å². The van der Waals surface area contributed by atoms with Crippen LogP contribution in [0.5, 0.6) is 0 Å². The second-order valence-electron chi connectivity index (χ2n) is 3.98. The number of hydrogen-bond acceptors (Lipinski definition) is 3. The molecule has 4 nitrogen and oxygen atoms in total. The topological polar surface area (TPSA) is 53.4 Å². The van der Waals surface area contributed by atoms with Crippen LogP contribution in [0.15, 0.2) is 24.4 Å². The number of nitrogens with zero attached hydrogens (tertiary/aromatic N) is 2.